The second-order valence-corrected chi connectivity index (χ2v) is 12.8. The molecule has 0 saturated heterocycles. The van der Waals surface area contributed by atoms with E-state index in [0.717, 1.165) is 55.3 Å². The first-order valence-electron chi connectivity index (χ1n) is 17.0. The van der Waals surface area contributed by atoms with Crippen LogP contribution in [0.1, 0.15) is 0 Å². The van der Waals surface area contributed by atoms with Gasteiger partial charge in [0, 0.05) is 28.0 Å². The molecule has 10 aromatic rings. The number of hydrogen-bond acceptors (Lipinski definition) is 3. The van der Waals surface area contributed by atoms with E-state index in [1.807, 2.05) is 30.3 Å². The lowest BCUT2D eigenvalue weighted by Crippen LogP contribution is -2.09. The molecular formula is C47H30N2O. The maximum atomic E-state index is 6.69. The molecule has 234 valence electrons. The molecule has 0 unspecified atom stereocenters. The van der Waals surface area contributed by atoms with Crippen LogP contribution in [0.15, 0.2) is 186 Å². The van der Waals surface area contributed by atoms with Crippen LogP contribution in [-0.4, -0.2) is 4.98 Å². The first kappa shape index (κ1) is 28.3. The molecule has 3 nitrogen and oxygen atoms in total. The zero-order chi connectivity index (χ0) is 33.0. The van der Waals surface area contributed by atoms with Crippen molar-refractivity contribution in [3.63, 3.8) is 0 Å². The largest absolute Gasteiger partial charge is 0.435 e. The molecule has 1 heterocycles. The van der Waals surface area contributed by atoms with E-state index in [1.165, 1.54) is 32.7 Å². The molecule has 10 rings (SSSR count). The highest BCUT2D eigenvalue weighted by atomic mass is 16.3. The standard InChI is InChI=1S/C47H30N2O/c1-4-12-31(13-5-1)42-29-35-22-23-38(30-43(35)45-41(42)26-27-44-46(45)50-47(48-44)33-15-6-2-7-16-33)49(36-17-8-3-9-18-36)37-24-25-40-34(28-37)21-20-32-14-10-11-19-39(32)40/h1-30H. The molecule has 50 heavy (non-hydrogen) atoms. The molecule has 0 amide bonds. The van der Waals surface area contributed by atoms with E-state index < -0.39 is 0 Å². The van der Waals surface area contributed by atoms with Gasteiger partial charge in [-0.1, -0.05) is 121 Å². The minimum Gasteiger partial charge on any atom is -0.435 e. The van der Waals surface area contributed by atoms with Crippen molar-refractivity contribution in [1.82, 2.24) is 4.98 Å². The van der Waals surface area contributed by atoms with E-state index in [0.29, 0.717) is 5.89 Å². The Morgan fingerprint density at radius 2 is 1.00 bits per heavy atom. The van der Waals surface area contributed by atoms with Crippen LogP contribution >= 0.6 is 0 Å². The minimum atomic E-state index is 0.622. The monoisotopic (exact) mass is 638 g/mol. The molecule has 0 saturated carbocycles. The van der Waals surface area contributed by atoms with E-state index in [4.69, 9.17) is 9.40 Å². The van der Waals surface area contributed by atoms with Crippen molar-refractivity contribution in [1.29, 1.82) is 0 Å². The Bertz CT molecular complexity index is 2860. The van der Waals surface area contributed by atoms with Crippen LogP contribution in [0.2, 0.25) is 0 Å². The van der Waals surface area contributed by atoms with E-state index in [1.54, 1.807) is 0 Å². The Morgan fingerprint density at radius 1 is 0.400 bits per heavy atom. The van der Waals surface area contributed by atoms with E-state index in [9.17, 15) is 0 Å². The molecule has 9 aromatic carbocycles. The third-order valence-corrected chi connectivity index (χ3v) is 9.82. The number of para-hydroxylation sites is 1. The number of hydrogen-bond donors (Lipinski definition) is 0. The normalized spacial score (nSPS) is 11.6. The van der Waals surface area contributed by atoms with Crippen LogP contribution in [0.3, 0.4) is 0 Å². The average Bonchev–Trinajstić information content (AvgIpc) is 3.63. The number of nitrogens with zero attached hydrogens (tertiary/aromatic N) is 2. The SMILES string of the molecule is c1ccc(-c2nc3ccc4c(-c5ccccc5)cc5ccc(N(c6ccccc6)c6ccc7c(ccc8ccccc87)c6)cc5c4c3o2)cc1. The van der Waals surface area contributed by atoms with Crippen molar-refractivity contribution >= 4 is 71.3 Å². The van der Waals surface area contributed by atoms with Crippen molar-refractivity contribution < 1.29 is 4.42 Å². The highest BCUT2D eigenvalue weighted by Gasteiger charge is 2.19. The summed E-state index contributed by atoms with van der Waals surface area (Å²) in [4.78, 5) is 7.32. The number of oxazole rings is 1. The summed E-state index contributed by atoms with van der Waals surface area (Å²) in [5, 5.41) is 9.42. The first-order valence-corrected chi connectivity index (χ1v) is 17.0. The van der Waals surface area contributed by atoms with E-state index >= 15 is 0 Å². The average molecular weight is 639 g/mol. The van der Waals surface area contributed by atoms with Crippen LogP contribution in [0, 0.1) is 0 Å². The molecule has 3 heteroatoms. The van der Waals surface area contributed by atoms with Gasteiger partial charge in [0.05, 0.1) is 0 Å². The van der Waals surface area contributed by atoms with Crippen LogP contribution in [0.25, 0.3) is 76.8 Å². The zero-order valence-corrected chi connectivity index (χ0v) is 27.1. The van der Waals surface area contributed by atoms with Crippen molar-refractivity contribution in [2.45, 2.75) is 0 Å². The fourth-order valence-electron chi connectivity index (χ4n) is 7.47. The molecule has 0 bridgehead atoms. The minimum absolute atomic E-state index is 0.622. The maximum absolute atomic E-state index is 6.69. The lowest BCUT2D eigenvalue weighted by atomic mass is 9.92. The summed E-state index contributed by atoms with van der Waals surface area (Å²) in [6, 6.07) is 64.6. The van der Waals surface area contributed by atoms with Gasteiger partial charge in [0.15, 0.2) is 5.58 Å². The molecule has 1 aromatic heterocycles. The summed E-state index contributed by atoms with van der Waals surface area (Å²) >= 11 is 0. The molecular weight excluding hydrogens is 609 g/mol. The van der Waals surface area contributed by atoms with Crippen molar-refractivity contribution in [2.75, 3.05) is 4.90 Å². The number of benzene rings is 9. The molecule has 0 spiro atoms. The lowest BCUT2D eigenvalue weighted by molar-refractivity contribution is 0.623. The number of rotatable bonds is 5. The van der Waals surface area contributed by atoms with E-state index in [-0.39, 0.29) is 0 Å². The number of aromatic nitrogens is 1. The van der Waals surface area contributed by atoms with Gasteiger partial charge in [-0.2, -0.15) is 0 Å². The van der Waals surface area contributed by atoms with Crippen LogP contribution in [-0.2, 0) is 0 Å². The molecule has 0 N–H and O–H groups in total. The third-order valence-electron chi connectivity index (χ3n) is 9.82. The molecule has 0 fully saturated rings. The molecule has 0 atom stereocenters. The van der Waals surface area contributed by atoms with Crippen molar-refractivity contribution in [2.24, 2.45) is 0 Å². The van der Waals surface area contributed by atoms with Gasteiger partial charge < -0.3 is 9.32 Å². The summed E-state index contributed by atoms with van der Waals surface area (Å²) in [5.41, 5.74) is 8.19. The van der Waals surface area contributed by atoms with Gasteiger partial charge in [-0.3, -0.25) is 0 Å². The Balaban J connectivity index is 1.24. The van der Waals surface area contributed by atoms with Gasteiger partial charge in [-0.15, -0.1) is 0 Å². The predicted molar refractivity (Wildman–Crippen MR) is 210 cm³/mol. The van der Waals surface area contributed by atoms with Crippen LogP contribution in [0.4, 0.5) is 17.1 Å². The third kappa shape index (κ3) is 4.63. The lowest BCUT2D eigenvalue weighted by Gasteiger charge is -2.26. The van der Waals surface area contributed by atoms with Crippen LogP contribution < -0.4 is 4.90 Å². The highest BCUT2D eigenvalue weighted by Crippen LogP contribution is 2.44. The Labute approximate surface area is 289 Å². The van der Waals surface area contributed by atoms with Gasteiger partial charge in [0.1, 0.15) is 5.52 Å². The predicted octanol–water partition coefficient (Wildman–Crippen LogP) is 13.2. The maximum Gasteiger partial charge on any atom is 0.227 e. The molecule has 0 aliphatic carbocycles. The van der Waals surface area contributed by atoms with Crippen molar-refractivity contribution in [3.8, 4) is 22.6 Å². The molecule has 0 aliphatic rings. The van der Waals surface area contributed by atoms with Gasteiger partial charge >= 0.3 is 0 Å². The Kier molecular flexibility index (Phi) is 6.49. The van der Waals surface area contributed by atoms with E-state index in [2.05, 4.69) is 157 Å². The summed E-state index contributed by atoms with van der Waals surface area (Å²) in [5.74, 6) is 0.622. The fourth-order valence-corrected chi connectivity index (χ4v) is 7.47. The van der Waals surface area contributed by atoms with Gasteiger partial charge in [-0.25, -0.2) is 4.98 Å². The van der Waals surface area contributed by atoms with Gasteiger partial charge in [0.2, 0.25) is 5.89 Å². The van der Waals surface area contributed by atoms with Crippen LogP contribution in [0.5, 0.6) is 0 Å². The number of anilines is 3. The molecule has 0 aliphatic heterocycles. The summed E-state index contributed by atoms with van der Waals surface area (Å²) < 4.78 is 6.69. The summed E-state index contributed by atoms with van der Waals surface area (Å²) in [6.45, 7) is 0. The quantitative estimate of drug-likeness (QED) is 0.176. The smallest absolute Gasteiger partial charge is 0.227 e. The number of fused-ring (bicyclic) bond motifs is 8. The Morgan fingerprint density at radius 3 is 1.82 bits per heavy atom. The highest BCUT2D eigenvalue weighted by molar-refractivity contribution is 6.23. The topological polar surface area (TPSA) is 29.3 Å². The fraction of sp³-hybridized carbons (Fsp3) is 0. The van der Waals surface area contributed by atoms with Gasteiger partial charge in [0.25, 0.3) is 0 Å². The second kappa shape index (κ2) is 11.5. The summed E-state index contributed by atoms with van der Waals surface area (Å²) in [7, 11) is 0. The Hall–Kier alpha value is -6.71. The zero-order valence-electron chi connectivity index (χ0n) is 27.1. The van der Waals surface area contributed by atoms with Crippen molar-refractivity contribution in [3.05, 3.63) is 182 Å². The van der Waals surface area contributed by atoms with Gasteiger partial charge in [-0.05, 0) is 109 Å². The summed E-state index contributed by atoms with van der Waals surface area (Å²) in [6.07, 6.45) is 0. The molecule has 0 radical (unpaired) electrons. The first-order chi connectivity index (χ1) is 24.8. The second-order valence-electron chi connectivity index (χ2n) is 12.8.